The number of rotatable bonds is 6. The molecule has 0 atom stereocenters. The lowest BCUT2D eigenvalue weighted by Crippen LogP contribution is -2.24. The standard InChI is InChI=1S/C18H22N4O2/c1-3-7-15-16(12(2)19-20-17(23)13-10-11-13)18(24)22(21-15)14-8-5-4-6-9-14/h4-6,8-9,13,21H,3,7,10-11H2,1-2H3,(H,20,23)/b19-12+. The molecule has 24 heavy (non-hydrogen) atoms. The largest absolute Gasteiger partial charge is 0.294 e. The van der Waals surface area contributed by atoms with E-state index in [2.05, 4.69) is 22.5 Å². The Morgan fingerprint density at radius 3 is 2.67 bits per heavy atom. The Kier molecular flexibility index (Phi) is 4.64. The highest BCUT2D eigenvalue weighted by Gasteiger charge is 2.29. The lowest BCUT2D eigenvalue weighted by molar-refractivity contribution is -0.122. The maximum absolute atomic E-state index is 12.8. The van der Waals surface area contributed by atoms with Gasteiger partial charge in [-0.05, 0) is 38.3 Å². The summed E-state index contributed by atoms with van der Waals surface area (Å²) in [4.78, 5) is 24.6. The molecule has 2 aromatic rings. The van der Waals surface area contributed by atoms with Crippen LogP contribution >= 0.6 is 0 Å². The number of para-hydroxylation sites is 1. The number of nitrogens with one attached hydrogen (secondary N) is 2. The van der Waals surface area contributed by atoms with E-state index in [4.69, 9.17) is 0 Å². The van der Waals surface area contributed by atoms with Crippen molar-refractivity contribution in [1.29, 1.82) is 0 Å². The van der Waals surface area contributed by atoms with Crippen molar-refractivity contribution in [3.05, 3.63) is 51.9 Å². The van der Waals surface area contributed by atoms with Gasteiger partial charge in [0.15, 0.2) is 0 Å². The van der Waals surface area contributed by atoms with Gasteiger partial charge in [0, 0.05) is 11.6 Å². The van der Waals surface area contributed by atoms with Crippen LogP contribution in [0.25, 0.3) is 5.69 Å². The van der Waals surface area contributed by atoms with Crippen LogP contribution in [-0.2, 0) is 11.2 Å². The normalized spacial score (nSPS) is 14.7. The number of carbonyl (C=O) groups is 1. The number of carbonyl (C=O) groups excluding carboxylic acids is 1. The number of hydrazone groups is 1. The Morgan fingerprint density at radius 1 is 1.33 bits per heavy atom. The van der Waals surface area contributed by atoms with Gasteiger partial charge in [0.2, 0.25) is 5.91 Å². The summed E-state index contributed by atoms with van der Waals surface area (Å²) in [7, 11) is 0. The zero-order valence-electron chi connectivity index (χ0n) is 14.0. The molecule has 1 heterocycles. The Morgan fingerprint density at radius 2 is 2.04 bits per heavy atom. The third kappa shape index (κ3) is 3.32. The van der Waals surface area contributed by atoms with Crippen molar-refractivity contribution in [3.63, 3.8) is 0 Å². The molecule has 0 spiro atoms. The molecule has 126 valence electrons. The number of benzene rings is 1. The maximum Gasteiger partial charge on any atom is 0.280 e. The van der Waals surface area contributed by atoms with Crippen LogP contribution in [0.5, 0.6) is 0 Å². The number of nitrogens with zero attached hydrogens (tertiary/aromatic N) is 2. The van der Waals surface area contributed by atoms with E-state index in [0.29, 0.717) is 11.3 Å². The van der Waals surface area contributed by atoms with Gasteiger partial charge in [-0.25, -0.2) is 10.1 Å². The van der Waals surface area contributed by atoms with Crippen molar-refractivity contribution in [2.75, 3.05) is 0 Å². The molecule has 1 aliphatic rings. The highest BCUT2D eigenvalue weighted by molar-refractivity contribution is 6.00. The summed E-state index contributed by atoms with van der Waals surface area (Å²) in [5, 5.41) is 7.33. The van der Waals surface area contributed by atoms with E-state index < -0.39 is 0 Å². The Labute approximate surface area is 140 Å². The molecule has 0 saturated heterocycles. The maximum atomic E-state index is 12.8. The first-order valence-corrected chi connectivity index (χ1v) is 8.35. The molecule has 0 radical (unpaired) electrons. The van der Waals surface area contributed by atoms with Gasteiger partial charge >= 0.3 is 0 Å². The second-order valence-corrected chi connectivity index (χ2v) is 6.14. The first kappa shape index (κ1) is 16.2. The van der Waals surface area contributed by atoms with Gasteiger partial charge in [0.1, 0.15) is 0 Å². The molecule has 1 aromatic carbocycles. The van der Waals surface area contributed by atoms with E-state index in [1.165, 1.54) is 4.68 Å². The quantitative estimate of drug-likeness (QED) is 0.631. The highest BCUT2D eigenvalue weighted by atomic mass is 16.2. The fraction of sp³-hybridized carbons (Fsp3) is 0.389. The minimum Gasteiger partial charge on any atom is -0.294 e. The van der Waals surface area contributed by atoms with Gasteiger partial charge in [-0.1, -0.05) is 31.5 Å². The summed E-state index contributed by atoms with van der Waals surface area (Å²) < 4.78 is 1.53. The molecule has 6 heteroatoms. The summed E-state index contributed by atoms with van der Waals surface area (Å²) >= 11 is 0. The summed E-state index contributed by atoms with van der Waals surface area (Å²) in [6.45, 7) is 3.82. The van der Waals surface area contributed by atoms with E-state index in [0.717, 1.165) is 37.1 Å². The third-order valence-electron chi connectivity index (χ3n) is 4.12. The van der Waals surface area contributed by atoms with Crippen LogP contribution < -0.4 is 11.0 Å². The fourth-order valence-electron chi connectivity index (χ4n) is 2.68. The molecule has 1 saturated carbocycles. The number of aromatic nitrogens is 2. The minimum atomic E-state index is -0.147. The average Bonchev–Trinajstić information content (AvgIpc) is 3.38. The molecular weight excluding hydrogens is 304 g/mol. The minimum absolute atomic E-state index is 0.0645. The van der Waals surface area contributed by atoms with Crippen LogP contribution in [0.4, 0.5) is 0 Å². The molecule has 6 nitrogen and oxygen atoms in total. The number of aromatic amines is 1. The Bertz CT molecular complexity index is 813. The zero-order valence-corrected chi connectivity index (χ0v) is 14.0. The summed E-state index contributed by atoms with van der Waals surface area (Å²) in [6.07, 6.45) is 3.50. The topological polar surface area (TPSA) is 79.2 Å². The van der Waals surface area contributed by atoms with Gasteiger partial charge in [-0.15, -0.1) is 0 Å². The molecule has 1 amide bonds. The van der Waals surface area contributed by atoms with Crippen molar-refractivity contribution in [2.24, 2.45) is 11.0 Å². The van der Waals surface area contributed by atoms with Crippen LogP contribution in [-0.4, -0.2) is 21.4 Å². The predicted octanol–water partition coefficient (Wildman–Crippen LogP) is 2.37. The molecule has 0 aliphatic heterocycles. The molecule has 1 aliphatic carbocycles. The molecular formula is C18H22N4O2. The van der Waals surface area contributed by atoms with E-state index in [-0.39, 0.29) is 17.4 Å². The molecule has 0 unspecified atom stereocenters. The van der Waals surface area contributed by atoms with Crippen LogP contribution in [0.2, 0.25) is 0 Å². The predicted molar refractivity (Wildman–Crippen MR) is 93.5 cm³/mol. The van der Waals surface area contributed by atoms with Gasteiger partial charge in [-0.2, -0.15) is 5.10 Å². The van der Waals surface area contributed by atoms with Crippen LogP contribution in [0.3, 0.4) is 0 Å². The zero-order chi connectivity index (χ0) is 17.1. The molecule has 3 rings (SSSR count). The monoisotopic (exact) mass is 326 g/mol. The fourth-order valence-corrected chi connectivity index (χ4v) is 2.68. The van der Waals surface area contributed by atoms with Crippen LogP contribution in [0.1, 0.15) is 44.4 Å². The van der Waals surface area contributed by atoms with Crippen LogP contribution in [0, 0.1) is 5.92 Å². The summed E-state index contributed by atoms with van der Waals surface area (Å²) in [5.74, 6) is 0.0224. The highest BCUT2D eigenvalue weighted by Crippen LogP contribution is 2.28. The van der Waals surface area contributed by atoms with Crippen LogP contribution in [0.15, 0.2) is 40.2 Å². The lowest BCUT2D eigenvalue weighted by Gasteiger charge is -2.01. The van der Waals surface area contributed by atoms with E-state index >= 15 is 0 Å². The van der Waals surface area contributed by atoms with Gasteiger partial charge in [0.05, 0.1) is 17.0 Å². The van der Waals surface area contributed by atoms with E-state index in [1.807, 2.05) is 30.3 Å². The first-order valence-electron chi connectivity index (χ1n) is 8.35. The van der Waals surface area contributed by atoms with Gasteiger partial charge in [0.25, 0.3) is 5.56 Å². The second-order valence-electron chi connectivity index (χ2n) is 6.14. The SMILES string of the molecule is CCCc1[nH]n(-c2ccccc2)c(=O)c1/C(C)=N/NC(=O)C1CC1. The number of hydrogen-bond donors (Lipinski definition) is 2. The van der Waals surface area contributed by atoms with Crippen molar-refractivity contribution in [3.8, 4) is 5.69 Å². The number of H-pyrrole nitrogens is 1. The molecule has 1 fully saturated rings. The number of aryl methyl sites for hydroxylation is 1. The van der Waals surface area contributed by atoms with Gasteiger partial charge in [-0.3, -0.25) is 14.7 Å². The summed E-state index contributed by atoms with van der Waals surface area (Å²) in [5.41, 5.74) is 5.12. The second kappa shape index (κ2) is 6.86. The van der Waals surface area contributed by atoms with Crippen molar-refractivity contribution >= 4 is 11.6 Å². The third-order valence-corrected chi connectivity index (χ3v) is 4.12. The smallest absolute Gasteiger partial charge is 0.280 e. The van der Waals surface area contributed by atoms with Gasteiger partial charge < -0.3 is 0 Å². The molecule has 1 aromatic heterocycles. The summed E-state index contributed by atoms with van der Waals surface area (Å²) in [6, 6.07) is 9.43. The first-order chi connectivity index (χ1) is 11.6. The van der Waals surface area contributed by atoms with Crippen molar-refractivity contribution in [1.82, 2.24) is 15.2 Å². The Balaban J connectivity index is 1.96. The van der Waals surface area contributed by atoms with Crippen molar-refractivity contribution in [2.45, 2.75) is 39.5 Å². The van der Waals surface area contributed by atoms with Crippen molar-refractivity contribution < 1.29 is 4.79 Å². The lowest BCUT2D eigenvalue weighted by atomic mass is 10.1. The van der Waals surface area contributed by atoms with E-state index in [9.17, 15) is 9.59 Å². The number of amides is 1. The van der Waals surface area contributed by atoms with E-state index in [1.54, 1.807) is 6.92 Å². The Hall–Kier alpha value is -2.63. The molecule has 2 N–H and O–H groups in total. The average molecular weight is 326 g/mol. The number of hydrogen-bond acceptors (Lipinski definition) is 3. The molecule has 0 bridgehead atoms.